The number of pyridine rings is 1. The van der Waals surface area contributed by atoms with Crippen molar-refractivity contribution in [3.63, 3.8) is 0 Å². The van der Waals surface area contributed by atoms with Crippen LogP contribution in [0.15, 0.2) is 47.3 Å². The molecule has 2 bridgehead atoms. The number of furan rings is 1. The molecular formula is C18H22N2O3. The minimum Gasteiger partial charge on any atom is -0.468 e. The lowest BCUT2D eigenvalue weighted by molar-refractivity contribution is -0.0616. The Kier molecular flexibility index (Phi) is 4.41. The summed E-state index contributed by atoms with van der Waals surface area (Å²) >= 11 is 0. The monoisotopic (exact) mass is 314 g/mol. The van der Waals surface area contributed by atoms with E-state index in [-0.39, 0.29) is 12.2 Å². The molecule has 3 heterocycles. The second-order valence-corrected chi connectivity index (χ2v) is 6.23. The van der Waals surface area contributed by atoms with Gasteiger partial charge in [-0.1, -0.05) is 0 Å². The topological polar surface area (TPSA) is 47.7 Å². The van der Waals surface area contributed by atoms with Crippen LogP contribution in [-0.2, 0) is 22.6 Å². The van der Waals surface area contributed by atoms with Gasteiger partial charge in [-0.3, -0.25) is 9.88 Å². The molecule has 2 aromatic rings. The molecule has 122 valence electrons. The number of nitrogens with zero attached hydrogens (tertiary/aromatic N) is 2. The average Bonchev–Trinajstić information content (AvgIpc) is 3.18. The molecule has 4 rings (SSSR count). The summed E-state index contributed by atoms with van der Waals surface area (Å²) in [6.07, 6.45) is 7.87. The highest BCUT2D eigenvalue weighted by Crippen LogP contribution is 2.33. The van der Waals surface area contributed by atoms with Gasteiger partial charge in [-0.2, -0.15) is 0 Å². The van der Waals surface area contributed by atoms with Crippen LogP contribution in [0, 0.1) is 0 Å². The Morgan fingerprint density at radius 3 is 2.96 bits per heavy atom. The average molecular weight is 314 g/mol. The Morgan fingerprint density at radius 2 is 2.13 bits per heavy atom. The predicted octanol–water partition coefficient (Wildman–Crippen LogP) is 2.62. The Balaban J connectivity index is 1.45. The van der Waals surface area contributed by atoms with E-state index in [0.29, 0.717) is 12.6 Å². The molecule has 1 saturated carbocycles. The maximum absolute atomic E-state index is 6.26. The molecule has 0 spiro atoms. The summed E-state index contributed by atoms with van der Waals surface area (Å²) in [7, 11) is 0. The van der Waals surface area contributed by atoms with Gasteiger partial charge in [-0.05, 0) is 42.7 Å². The quantitative estimate of drug-likeness (QED) is 0.849. The molecule has 5 heteroatoms. The number of hydrogen-bond acceptors (Lipinski definition) is 5. The van der Waals surface area contributed by atoms with Crippen LogP contribution in [0.25, 0.3) is 0 Å². The van der Waals surface area contributed by atoms with Crippen molar-refractivity contribution in [2.24, 2.45) is 0 Å². The fraction of sp³-hybridized carbons (Fsp3) is 0.500. The molecule has 5 nitrogen and oxygen atoms in total. The molecule has 2 fully saturated rings. The lowest BCUT2D eigenvalue weighted by atomic mass is 10.1. The highest BCUT2D eigenvalue weighted by atomic mass is 16.5. The molecule has 23 heavy (non-hydrogen) atoms. The van der Waals surface area contributed by atoms with Crippen LogP contribution in [0.5, 0.6) is 0 Å². The van der Waals surface area contributed by atoms with E-state index in [2.05, 4.69) is 9.88 Å². The second kappa shape index (κ2) is 6.83. The molecule has 3 atom stereocenters. The van der Waals surface area contributed by atoms with Crippen molar-refractivity contribution in [1.82, 2.24) is 9.88 Å². The Bertz CT molecular complexity index is 602. The minimum atomic E-state index is 0.126. The molecule has 1 saturated heterocycles. The third kappa shape index (κ3) is 3.32. The standard InChI is InChI=1S/C18H22N2O3/c1-2-15(21-10-1)12-20-9-11-22-17-4-3-16(20)18(17)23-13-14-5-7-19-8-6-14/h1-2,5-8,10,16-18H,3-4,9,11-13H2/t16-,17-,18-/m0/s1. The summed E-state index contributed by atoms with van der Waals surface area (Å²) in [5.74, 6) is 1.00. The molecule has 2 aromatic heterocycles. The van der Waals surface area contributed by atoms with Gasteiger partial charge < -0.3 is 13.9 Å². The zero-order valence-corrected chi connectivity index (χ0v) is 13.1. The van der Waals surface area contributed by atoms with Crippen LogP contribution in [0.1, 0.15) is 24.2 Å². The Morgan fingerprint density at radius 1 is 1.22 bits per heavy atom. The fourth-order valence-electron chi connectivity index (χ4n) is 3.66. The maximum atomic E-state index is 6.26. The van der Waals surface area contributed by atoms with E-state index in [1.165, 1.54) is 0 Å². The van der Waals surface area contributed by atoms with Crippen molar-refractivity contribution in [2.75, 3.05) is 13.2 Å². The first-order chi connectivity index (χ1) is 11.4. The van der Waals surface area contributed by atoms with Gasteiger partial charge in [0.2, 0.25) is 0 Å². The van der Waals surface area contributed by atoms with Gasteiger partial charge >= 0.3 is 0 Å². The first-order valence-electron chi connectivity index (χ1n) is 8.29. The van der Waals surface area contributed by atoms with Gasteiger partial charge in [0.1, 0.15) is 5.76 Å². The van der Waals surface area contributed by atoms with E-state index in [0.717, 1.165) is 43.9 Å². The third-order valence-electron chi connectivity index (χ3n) is 4.80. The van der Waals surface area contributed by atoms with Crippen molar-refractivity contribution in [2.45, 2.75) is 44.2 Å². The summed E-state index contributed by atoms with van der Waals surface area (Å²) in [6, 6.07) is 8.37. The number of aromatic nitrogens is 1. The van der Waals surface area contributed by atoms with Gasteiger partial charge in [0.05, 0.1) is 38.2 Å². The summed E-state index contributed by atoms with van der Waals surface area (Å²) < 4.78 is 17.8. The molecular weight excluding hydrogens is 292 g/mol. The van der Waals surface area contributed by atoms with Gasteiger partial charge in [0.15, 0.2) is 0 Å². The highest BCUT2D eigenvalue weighted by molar-refractivity contribution is 5.08. The van der Waals surface area contributed by atoms with Crippen LogP contribution in [0.3, 0.4) is 0 Å². The van der Waals surface area contributed by atoms with E-state index >= 15 is 0 Å². The molecule has 1 aliphatic carbocycles. The van der Waals surface area contributed by atoms with E-state index in [1.54, 1.807) is 18.7 Å². The van der Waals surface area contributed by atoms with Gasteiger partial charge in [-0.25, -0.2) is 0 Å². The molecule has 2 aliphatic rings. The molecule has 0 amide bonds. The highest BCUT2D eigenvalue weighted by Gasteiger charge is 2.43. The van der Waals surface area contributed by atoms with Crippen molar-refractivity contribution < 1.29 is 13.9 Å². The van der Waals surface area contributed by atoms with E-state index in [1.807, 2.05) is 24.3 Å². The first kappa shape index (κ1) is 14.9. The summed E-state index contributed by atoms with van der Waals surface area (Å²) in [6.45, 7) is 3.12. The van der Waals surface area contributed by atoms with Crippen LogP contribution in [0.2, 0.25) is 0 Å². The Hall–Kier alpha value is -1.69. The molecule has 0 radical (unpaired) electrons. The van der Waals surface area contributed by atoms with Crippen LogP contribution in [-0.4, -0.2) is 41.3 Å². The van der Waals surface area contributed by atoms with Crippen LogP contribution in [0.4, 0.5) is 0 Å². The second-order valence-electron chi connectivity index (χ2n) is 6.23. The SMILES string of the molecule is c1coc(CN2CCO[C@H]3CC[C@H]2[C@@H]3OCc2ccncc2)c1. The summed E-state index contributed by atoms with van der Waals surface area (Å²) in [5.41, 5.74) is 1.15. The predicted molar refractivity (Wildman–Crippen MR) is 84.7 cm³/mol. The molecule has 1 aliphatic heterocycles. The summed E-state index contributed by atoms with van der Waals surface area (Å²) in [5, 5.41) is 0. The van der Waals surface area contributed by atoms with Crippen molar-refractivity contribution in [3.05, 3.63) is 54.2 Å². The normalized spacial score (nSPS) is 27.9. The number of rotatable bonds is 5. The number of hydrogen-bond donors (Lipinski definition) is 0. The van der Waals surface area contributed by atoms with Gasteiger partial charge in [-0.15, -0.1) is 0 Å². The number of ether oxygens (including phenoxy) is 2. The summed E-state index contributed by atoms with van der Waals surface area (Å²) in [4.78, 5) is 6.50. The Labute approximate surface area is 136 Å². The largest absolute Gasteiger partial charge is 0.468 e. The van der Waals surface area contributed by atoms with E-state index < -0.39 is 0 Å². The molecule has 0 aromatic carbocycles. The smallest absolute Gasteiger partial charge is 0.117 e. The molecule has 0 N–H and O–H groups in total. The number of fused-ring (bicyclic) bond motifs is 2. The lowest BCUT2D eigenvalue weighted by Crippen LogP contribution is -2.42. The van der Waals surface area contributed by atoms with Gasteiger partial charge in [0, 0.05) is 25.0 Å². The van der Waals surface area contributed by atoms with Crippen LogP contribution < -0.4 is 0 Å². The lowest BCUT2D eigenvalue weighted by Gasteiger charge is -2.30. The minimum absolute atomic E-state index is 0.126. The molecule has 0 unspecified atom stereocenters. The zero-order chi connectivity index (χ0) is 15.5. The maximum Gasteiger partial charge on any atom is 0.117 e. The van der Waals surface area contributed by atoms with Crippen molar-refractivity contribution in [1.29, 1.82) is 0 Å². The van der Waals surface area contributed by atoms with Crippen LogP contribution >= 0.6 is 0 Å². The van der Waals surface area contributed by atoms with Crippen molar-refractivity contribution in [3.8, 4) is 0 Å². The third-order valence-corrected chi connectivity index (χ3v) is 4.80. The fourth-order valence-corrected chi connectivity index (χ4v) is 3.66. The zero-order valence-electron chi connectivity index (χ0n) is 13.1. The van der Waals surface area contributed by atoms with Gasteiger partial charge in [0.25, 0.3) is 0 Å². The van der Waals surface area contributed by atoms with E-state index in [4.69, 9.17) is 13.9 Å². The van der Waals surface area contributed by atoms with E-state index in [9.17, 15) is 0 Å². The first-order valence-corrected chi connectivity index (χ1v) is 8.29. The van der Waals surface area contributed by atoms with Crippen molar-refractivity contribution >= 4 is 0 Å².